The van der Waals surface area contributed by atoms with E-state index in [2.05, 4.69) is 0 Å². The summed E-state index contributed by atoms with van der Waals surface area (Å²) in [6.45, 7) is 4.05. The predicted octanol–water partition coefficient (Wildman–Crippen LogP) is 6.26. The van der Waals surface area contributed by atoms with Gasteiger partial charge in [0.1, 0.15) is 17.3 Å². The normalized spacial score (nSPS) is 16.8. The van der Waals surface area contributed by atoms with Gasteiger partial charge in [-0.2, -0.15) is 0 Å². The Balaban J connectivity index is 1.63. The lowest BCUT2D eigenvalue weighted by Crippen LogP contribution is -2.29. The lowest BCUT2D eigenvalue weighted by atomic mass is 9.94. The first-order chi connectivity index (χ1) is 18.4. The quantitative estimate of drug-likeness (QED) is 0.182. The van der Waals surface area contributed by atoms with Gasteiger partial charge in [0.25, 0.3) is 11.7 Å². The van der Waals surface area contributed by atoms with Gasteiger partial charge in [-0.15, -0.1) is 0 Å². The van der Waals surface area contributed by atoms with Crippen LogP contribution in [-0.4, -0.2) is 34.9 Å². The summed E-state index contributed by atoms with van der Waals surface area (Å²) < 4.78 is 11.2. The molecule has 1 aliphatic rings. The maximum atomic E-state index is 13.5. The van der Waals surface area contributed by atoms with Gasteiger partial charge in [0.2, 0.25) is 0 Å². The largest absolute Gasteiger partial charge is 0.507 e. The highest BCUT2D eigenvalue weighted by molar-refractivity contribution is 6.46. The molecule has 1 unspecified atom stereocenters. The van der Waals surface area contributed by atoms with Gasteiger partial charge in [0.05, 0.1) is 24.8 Å². The van der Waals surface area contributed by atoms with Gasteiger partial charge in [-0.3, -0.25) is 9.59 Å². The molecule has 4 aromatic rings. The number of methoxy groups -OCH3 is 1. The number of nitrogens with zero attached hydrogens (tertiary/aromatic N) is 1. The fourth-order valence-electron chi connectivity index (χ4n) is 4.88. The predicted molar refractivity (Wildman–Crippen MR) is 147 cm³/mol. The zero-order valence-electron chi connectivity index (χ0n) is 21.5. The van der Waals surface area contributed by atoms with Crippen LogP contribution < -0.4 is 9.47 Å². The molecule has 1 fully saturated rings. The highest BCUT2D eigenvalue weighted by Gasteiger charge is 2.46. The summed E-state index contributed by atoms with van der Waals surface area (Å²) in [7, 11) is 1.56. The Morgan fingerprint density at radius 1 is 0.868 bits per heavy atom. The minimum atomic E-state index is -0.800. The fraction of sp³-hybridized carbons (Fsp3) is 0.188. The average Bonchev–Trinajstić information content (AvgIpc) is 3.17. The van der Waals surface area contributed by atoms with Gasteiger partial charge in [0, 0.05) is 12.1 Å². The molecular weight excluding hydrogens is 478 g/mol. The summed E-state index contributed by atoms with van der Waals surface area (Å²) in [6, 6.07) is 27.2. The Morgan fingerprint density at radius 3 is 2.37 bits per heavy atom. The van der Waals surface area contributed by atoms with Crippen molar-refractivity contribution in [2.45, 2.75) is 32.5 Å². The molecule has 0 radical (unpaired) electrons. The number of hydrogen-bond acceptors (Lipinski definition) is 5. The number of ketones is 1. The molecule has 4 aromatic carbocycles. The summed E-state index contributed by atoms with van der Waals surface area (Å²) in [4.78, 5) is 28.4. The maximum Gasteiger partial charge on any atom is 0.295 e. The molecule has 0 aromatic heterocycles. The minimum Gasteiger partial charge on any atom is -0.507 e. The monoisotopic (exact) mass is 507 g/mol. The summed E-state index contributed by atoms with van der Waals surface area (Å²) >= 11 is 0. The molecule has 1 N–H and O–H groups in total. The molecule has 1 atom stereocenters. The highest BCUT2D eigenvalue weighted by Crippen LogP contribution is 2.41. The van der Waals surface area contributed by atoms with Crippen LogP contribution in [0.4, 0.5) is 0 Å². The van der Waals surface area contributed by atoms with Crippen LogP contribution >= 0.6 is 0 Å². The van der Waals surface area contributed by atoms with E-state index in [1.807, 2.05) is 80.6 Å². The molecule has 0 aliphatic carbocycles. The van der Waals surface area contributed by atoms with E-state index in [4.69, 9.17) is 9.47 Å². The number of carbonyl (C=O) groups excluding carboxylic acids is 2. The third-order valence-electron chi connectivity index (χ3n) is 6.60. The number of Topliss-reactive ketones (excluding diaryl/α,β-unsaturated/α-hetero) is 1. The third kappa shape index (κ3) is 4.85. The smallest absolute Gasteiger partial charge is 0.295 e. The van der Waals surface area contributed by atoms with E-state index in [0.717, 1.165) is 16.3 Å². The molecule has 1 amide bonds. The van der Waals surface area contributed by atoms with Crippen molar-refractivity contribution < 1.29 is 24.2 Å². The maximum absolute atomic E-state index is 13.5. The first-order valence-corrected chi connectivity index (χ1v) is 12.5. The van der Waals surface area contributed by atoms with Crippen LogP contribution in [0.3, 0.4) is 0 Å². The van der Waals surface area contributed by atoms with Crippen LogP contribution in [0.15, 0.2) is 96.6 Å². The summed E-state index contributed by atoms with van der Waals surface area (Å²) in [5.74, 6) is -0.330. The Morgan fingerprint density at radius 2 is 1.61 bits per heavy atom. The zero-order chi connectivity index (χ0) is 26.8. The first kappa shape index (κ1) is 25.1. The number of fused-ring (bicyclic) bond motifs is 1. The molecule has 0 spiro atoms. The Bertz CT molecular complexity index is 1550. The molecule has 6 heteroatoms. The number of benzene rings is 4. The van der Waals surface area contributed by atoms with Crippen LogP contribution in [-0.2, 0) is 16.1 Å². The lowest BCUT2D eigenvalue weighted by molar-refractivity contribution is -0.140. The van der Waals surface area contributed by atoms with Crippen molar-refractivity contribution in [3.8, 4) is 11.5 Å². The number of ether oxygens (including phenoxy) is 2. The molecule has 1 aliphatic heterocycles. The van der Waals surface area contributed by atoms with E-state index >= 15 is 0 Å². The average molecular weight is 508 g/mol. The van der Waals surface area contributed by atoms with E-state index in [9.17, 15) is 14.7 Å². The molecule has 0 bridgehead atoms. The number of aliphatic hydroxyl groups is 1. The van der Waals surface area contributed by atoms with Crippen molar-refractivity contribution >= 4 is 28.2 Å². The second-order valence-electron chi connectivity index (χ2n) is 9.58. The summed E-state index contributed by atoms with van der Waals surface area (Å²) in [6.07, 6.45) is -0.00165. The van der Waals surface area contributed by atoms with E-state index in [0.29, 0.717) is 22.6 Å². The van der Waals surface area contributed by atoms with Gasteiger partial charge in [-0.1, -0.05) is 60.7 Å². The molecule has 6 nitrogen and oxygen atoms in total. The second-order valence-corrected chi connectivity index (χ2v) is 9.58. The number of aliphatic hydroxyl groups excluding tert-OH is 1. The van der Waals surface area contributed by atoms with E-state index in [1.165, 1.54) is 4.90 Å². The zero-order valence-corrected chi connectivity index (χ0v) is 21.5. The lowest BCUT2D eigenvalue weighted by Gasteiger charge is -2.26. The van der Waals surface area contributed by atoms with Crippen molar-refractivity contribution in [3.05, 3.63) is 113 Å². The van der Waals surface area contributed by atoms with Gasteiger partial charge >= 0.3 is 0 Å². The molecule has 38 heavy (non-hydrogen) atoms. The standard InChI is InChI=1S/C32H29NO5/c1-20(2)38-27-13-6-8-21(16-27)19-33-29(24-11-7-12-26(18-24)37-3)28(31(35)32(33)36)30(34)25-15-14-22-9-4-5-10-23(22)17-25/h4-18,20,29,34H,19H2,1-3H3/b30-28-. The van der Waals surface area contributed by atoms with E-state index < -0.39 is 17.7 Å². The molecule has 5 rings (SSSR count). The van der Waals surface area contributed by atoms with Crippen molar-refractivity contribution in [1.29, 1.82) is 0 Å². The van der Waals surface area contributed by atoms with Crippen LogP contribution in [0.5, 0.6) is 11.5 Å². The van der Waals surface area contributed by atoms with Gasteiger partial charge in [0.15, 0.2) is 0 Å². The van der Waals surface area contributed by atoms with Gasteiger partial charge in [-0.25, -0.2) is 0 Å². The van der Waals surface area contributed by atoms with Crippen LogP contribution in [0.1, 0.15) is 36.6 Å². The Labute approximate surface area is 221 Å². The number of amides is 1. The molecule has 0 saturated carbocycles. The fourth-order valence-corrected chi connectivity index (χ4v) is 4.88. The number of likely N-dealkylation sites (tertiary alicyclic amines) is 1. The molecular formula is C32H29NO5. The van der Waals surface area contributed by atoms with E-state index in [-0.39, 0.29) is 24.0 Å². The van der Waals surface area contributed by atoms with Crippen molar-refractivity contribution in [1.82, 2.24) is 4.90 Å². The summed E-state index contributed by atoms with van der Waals surface area (Å²) in [5, 5.41) is 13.4. The van der Waals surface area contributed by atoms with Crippen LogP contribution in [0.2, 0.25) is 0 Å². The topological polar surface area (TPSA) is 76.1 Å². The van der Waals surface area contributed by atoms with Gasteiger partial charge in [-0.05, 0) is 66.1 Å². The minimum absolute atomic E-state index is 0.00165. The third-order valence-corrected chi connectivity index (χ3v) is 6.60. The second kappa shape index (κ2) is 10.4. The first-order valence-electron chi connectivity index (χ1n) is 12.5. The number of hydrogen-bond donors (Lipinski definition) is 1. The van der Waals surface area contributed by atoms with Crippen molar-refractivity contribution in [2.24, 2.45) is 0 Å². The van der Waals surface area contributed by atoms with Gasteiger partial charge < -0.3 is 19.5 Å². The van der Waals surface area contributed by atoms with Crippen molar-refractivity contribution in [3.63, 3.8) is 0 Å². The Kier molecular flexibility index (Phi) is 6.88. The molecule has 1 saturated heterocycles. The Hall–Kier alpha value is -4.58. The summed E-state index contributed by atoms with van der Waals surface area (Å²) in [5.41, 5.74) is 2.00. The number of carbonyl (C=O) groups is 2. The van der Waals surface area contributed by atoms with Crippen molar-refractivity contribution in [2.75, 3.05) is 7.11 Å². The number of rotatable bonds is 7. The van der Waals surface area contributed by atoms with Crippen LogP contribution in [0, 0.1) is 0 Å². The van der Waals surface area contributed by atoms with Crippen LogP contribution in [0.25, 0.3) is 16.5 Å². The SMILES string of the molecule is COc1cccc(C2/C(=C(/O)c3ccc4ccccc4c3)C(=O)C(=O)N2Cc2cccc(OC(C)C)c2)c1. The molecule has 1 heterocycles. The van der Waals surface area contributed by atoms with E-state index in [1.54, 1.807) is 31.4 Å². The molecule has 192 valence electrons. The highest BCUT2D eigenvalue weighted by atomic mass is 16.5.